The summed E-state index contributed by atoms with van der Waals surface area (Å²) in [5, 5.41) is 3.54. The van der Waals surface area contributed by atoms with Crippen molar-refractivity contribution in [2.45, 2.75) is 40.2 Å². The minimum absolute atomic E-state index is 0.319. The third-order valence-electron chi connectivity index (χ3n) is 3.18. The topological polar surface area (TPSA) is 80.4 Å². The number of aromatic amines is 1. The molecule has 23 heavy (non-hydrogen) atoms. The van der Waals surface area contributed by atoms with Gasteiger partial charge in [-0.05, 0) is 58.4 Å². The Hall–Kier alpha value is -2.50. The monoisotopic (exact) mass is 318 g/mol. The largest absolute Gasteiger partial charge is 0.461 e. The molecule has 2 aromatic rings. The second-order valence-corrected chi connectivity index (χ2v) is 6.23. The fourth-order valence-corrected chi connectivity index (χ4v) is 2.23. The lowest BCUT2D eigenvalue weighted by molar-refractivity contribution is 0.0519. The van der Waals surface area contributed by atoms with Gasteiger partial charge in [0.05, 0.1) is 6.61 Å². The van der Waals surface area contributed by atoms with Gasteiger partial charge in [0.25, 0.3) is 0 Å². The third-order valence-corrected chi connectivity index (χ3v) is 3.18. The van der Waals surface area contributed by atoms with Crippen molar-refractivity contribution in [3.63, 3.8) is 0 Å². The van der Waals surface area contributed by atoms with E-state index in [0.29, 0.717) is 18.0 Å². The van der Waals surface area contributed by atoms with Crippen molar-refractivity contribution < 1.29 is 19.1 Å². The second-order valence-electron chi connectivity index (χ2n) is 6.23. The summed E-state index contributed by atoms with van der Waals surface area (Å²) in [4.78, 5) is 26.8. The van der Waals surface area contributed by atoms with Crippen molar-refractivity contribution in [2.75, 3.05) is 11.9 Å². The molecule has 1 amide bonds. The maximum atomic E-state index is 11.9. The molecule has 0 bridgehead atoms. The highest BCUT2D eigenvalue weighted by atomic mass is 16.6. The molecule has 6 heteroatoms. The van der Waals surface area contributed by atoms with Crippen LogP contribution >= 0.6 is 0 Å². The smallest absolute Gasteiger partial charge is 0.412 e. The molecule has 1 aromatic heterocycles. The van der Waals surface area contributed by atoms with Crippen LogP contribution in [0, 0.1) is 6.92 Å². The van der Waals surface area contributed by atoms with Crippen LogP contribution in [0.2, 0.25) is 0 Å². The maximum absolute atomic E-state index is 11.9. The van der Waals surface area contributed by atoms with Gasteiger partial charge < -0.3 is 14.5 Å². The van der Waals surface area contributed by atoms with Gasteiger partial charge in [-0.15, -0.1) is 0 Å². The zero-order chi connectivity index (χ0) is 17.2. The van der Waals surface area contributed by atoms with Gasteiger partial charge in [-0.2, -0.15) is 0 Å². The van der Waals surface area contributed by atoms with Gasteiger partial charge >= 0.3 is 12.1 Å². The molecule has 0 aliphatic rings. The van der Waals surface area contributed by atoms with Gasteiger partial charge in [0.2, 0.25) is 0 Å². The lowest BCUT2D eigenvalue weighted by Gasteiger charge is -2.19. The number of carbonyl (C=O) groups excluding carboxylic acids is 2. The number of esters is 1. The predicted octanol–water partition coefficient (Wildman–Crippen LogP) is 4.00. The van der Waals surface area contributed by atoms with Gasteiger partial charge in [-0.3, -0.25) is 5.32 Å². The first-order valence-corrected chi connectivity index (χ1v) is 7.50. The Labute approximate surface area is 135 Å². The summed E-state index contributed by atoms with van der Waals surface area (Å²) < 4.78 is 10.3. The fourth-order valence-electron chi connectivity index (χ4n) is 2.23. The summed E-state index contributed by atoms with van der Waals surface area (Å²) in [6.07, 6.45) is -0.518. The number of ether oxygens (including phenoxy) is 2. The Morgan fingerprint density at radius 2 is 1.96 bits per heavy atom. The molecule has 0 unspecified atom stereocenters. The number of H-pyrrole nitrogens is 1. The second kappa shape index (κ2) is 6.32. The van der Waals surface area contributed by atoms with Gasteiger partial charge in [0.1, 0.15) is 11.3 Å². The van der Waals surface area contributed by atoms with Crippen molar-refractivity contribution in [3.8, 4) is 0 Å². The summed E-state index contributed by atoms with van der Waals surface area (Å²) in [7, 11) is 0. The number of benzene rings is 1. The quantitative estimate of drug-likeness (QED) is 0.838. The van der Waals surface area contributed by atoms with Gasteiger partial charge in [0, 0.05) is 16.6 Å². The van der Waals surface area contributed by atoms with E-state index in [2.05, 4.69) is 10.3 Å². The minimum atomic E-state index is -0.560. The summed E-state index contributed by atoms with van der Waals surface area (Å²) in [6, 6.07) is 5.35. The van der Waals surface area contributed by atoms with Gasteiger partial charge in [-0.1, -0.05) is 0 Å². The number of anilines is 1. The highest BCUT2D eigenvalue weighted by Gasteiger charge is 2.18. The zero-order valence-electron chi connectivity index (χ0n) is 14.1. The third kappa shape index (κ3) is 4.03. The summed E-state index contributed by atoms with van der Waals surface area (Å²) in [5.74, 6) is -0.386. The average molecular weight is 318 g/mol. The SMILES string of the molecule is CCOC(=O)c1[nH]c2ccc(NC(=O)OC(C)(C)C)cc2c1C. The molecule has 2 rings (SSSR count). The number of rotatable bonds is 3. The molecule has 1 aromatic carbocycles. The van der Waals surface area contributed by atoms with E-state index in [1.807, 2.05) is 6.92 Å². The molecule has 124 valence electrons. The number of hydrogen-bond donors (Lipinski definition) is 2. The van der Waals surface area contributed by atoms with Crippen LogP contribution in [-0.2, 0) is 9.47 Å². The Kier molecular flexibility index (Phi) is 4.63. The predicted molar refractivity (Wildman–Crippen MR) is 88.8 cm³/mol. The van der Waals surface area contributed by atoms with Crippen molar-refractivity contribution >= 4 is 28.7 Å². The minimum Gasteiger partial charge on any atom is -0.461 e. The van der Waals surface area contributed by atoms with Crippen LogP contribution in [0.5, 0.6) is 0 Å². The normalized spacial score (nSPS) is 11.3. The van der Waals surface area contributed by atoms with E-state index in [1.165, 1.54) is 0 Å². The molecular weight excluding hydrogens is 296 g/mol. The van der Waals surface area contributed by atoms with Crippen LogP contribution < -0.4 is 5.32 Å². The van der Waals surface area contributed by atoms with Crippen molar-refractivity contribution in [3.05, 3.63) is 29.5 Å². The van der Waals surface area contributed by atoms with Crippen LogP contribution in [0.4, 0.5) is 10.5 Å². The van der Waals surface area contributed by atoms with Crippen molar-refractivity contribution in [2.24, 2.45) is 0 Å². The van der Waals surface area contributed by atoms with E-state index in [9.17, 15) is 9.59 Å². The summed E-state index contributed by atoms with van der Waals surface area (Å²) in [6.45, 7) is 9.33. The van der Waals surface area contributed by atoms with E-state index in [1.54, 1.807) is 45.9 Å². The molecule has 0 aliphatic heterocycles. The molecule has 0 fully saturated rings. The highest BCUT2D eigenvalue weighted by molar-refractivity contribution is 6.00. The molecule has 6 nitrogen and oxygen atoms in total. The van der Waals surface area contributed by atoms with Gasteiger partial charge in [-0.25, -0.2) is 9.59 Å². The zero-order valence-corrected chi connectivity index (χ0v) is 14.1. The molecule has 2 N–H and O–H groups in total. The Morgan fingerprint density at radius 3 is 2.57 bits per heavy atom. The van der Waals surface area contributed by atoms with Crippen LogP contribution in [0.3, 0.4) is 0 Å². The Bertz CT molecular complexity index is 741. The first-order chi connectivity index (χ1) is 10.7. The standard InChI is InChI=1S/C17H22N2O4/c1-6-22-15(20)14-10(2)12-9-11(7-8-13(12)19-14)18-16(21)23-17(3,4)5/h7-9,19H,6H2,1-5H3,(H,18,21). The lowest BCUT2D eigenvalue weighted by Crippen LogP contribution is -2.27. The fraction of sp³-hybridized carbons (Fsp3) is 0.412. The van der Waals surface area contributed by atoms with Crippen molar-refractivity contribution in [1.82, 2.24) is 4.98 Å². The van der Waals surface area contributed by atoms with E-state index in [-0.39, 0.29) is 5.97 Å². The molecular formula is C17H22N2O4. The highest BCUT2D eigenvalue weighted by Crippen LogP contribution is 2.26. The van der Waals surface area contributed by atoms with E-state index < -0.39 is 11.7 Å². The molecule has 1 heterocycles. The van der Waals surface area contributed by atoms with Gasteiger partial charge in [0.15, 0.2) is 0 Å². The van der Waals surface area contributed by atoms with Crippen LogP contribution in [-0.4, -0.2) is 29.3 Å². The molecule has 0 saturated carbocycles. The number of nitrogens with one attached hydrogen (secondary N) is 2. The van der Waals surface area contributed by atoms with E-state index >= 15 is 0 Å². The summed E-state index contributed by atoms with van der Waals surface area (Å²) >= 11 is 0. The molecule has 0 spiro atoms. The molecule has 0 aliphatic carbocycles. The number of carbonyl (C=O) groups is 2. The first-order valence-electron chi connectivity index (χ1n) is 7.50. The lowest BCUT2D eigenvalue weighted by atomic mass is 10.1. The molecule has 0 radical (unpaired) electrons. The molecule has 0 saturated heterocycles. The number of amides is 1. The van der Waals surface area contributed by atoms with Crippen LogP contribution in [0.25, 0.3) is 10.9 Å². The number of hydrogen-bond acceptors (Lipinski definition) is 4. The van der Waals surface area contributed by atoms with E-state index in [0.717, 1.165) is 16.5 Å². The Morgan fingerprint density at radius 1 is 1.26 bits per heavy atom. The number of aryl methyl sites for hydroxylation is 1. The van der Waals surface area contributed by atoms with Crippen LogP contribution in [0.1, 0.15) is 43.7 Å². The Balaban J connectivity index is 2.27. The van der Waals surface area contributed by atoms with E-state index in [4.69, 9.17) is 9.47 Å². The van der Waals surface area contributed by atoms with Crippen molar-refractivity contribution in [1.29, 1.82) is 0 Å². The average Bonchev–Trinajstić information content (AvgIpc) is 2.74. The molecule has 0 atom stereocenters. The number of aromatic nitrogens is 1. The first kappa shape index (κ1) is 16.9. The maximum Gasteiger partial charge on any atom is 0.412 e. The number of fused-ring (bicyclic) bond motifs is 1. The van der Waals surface area contributed by atoms with Crippen LogP contribution in [0.15, 0.2) is 18.2 Å². The summed E-state index contributed by atoms with van der Waals surface area (Å²) in [5.41, 5.74) is 2.06.